The minimum atomic E-state index is -0.731. The van der Waals surface area contributed by atoms with Gasteiger partial charge in [-0.2, -0.15) is 0 Å². The second-order valence-corrected chi connectivity index (χ2v) is 5.51. The molecule has 1 amide bonds. The minimum absolute atomic E-state index is 0.00778. The molecule has 0 fully saturated rings. The predicted molar refractivity (Wildman–Crippen MR) is 78.2 cm³/mol. The molecular weight excluding hydrogens is 352 g/mol. The molecule has 2 aromatic rings. The first kappa shape index (κ1) is 14.9. The second kappa shape index (κ2) is 5.89. The molecule has 104 valence electrons. The Bertz CT molecular complexity index is 671. The number of aryl methyl sites for hydroxylation is 1. The fourth-order valence-corrected chi connectivity index (χ4v) is 2.29. The summed E-state index contributed by atoms with van der Waals surface area (Å²) >= 11 is 8.72. The highest BCUT2D eigenvalue weighted by Crippen LogP contribution is 2.24. The van der Waals surface area contributed by atoms with Crippen molar-refractivity contribution in [1.82, 2.24) is 0 Å². The smallest absolute Gasteiger partial charge is 0.255 e. The molecule has 0 saturated heterocycles. The van der Waals surface area contributed by atoms with Crippen LogP contribution >= 0.6 is 27.5 Å². The number of amides is 1. The Kier molecular flexibility index (Phi) is 4.40. The van der Waals surface area contributed by atoms with E-state index in [-0.39, 0.29) is 15.7 Å². The van der Waals surface area contributed by atoms with Gasteiger partial charge in [0.15, 0.2) is 0 Å². The Balaban J connectivity index is 2.30. The van der Waals surface area contributed by atoms with Gasteiger partial charge < -0.3 is 5.32 Å². The third-order valence-electron chi connectivity index (χ3n) is 2.56. The zero-order valence-corrected chi connectivity index (χ0v) is 12.6. The quantitative estimate of drug-likeness (QED) is 0.755. The van der Waals surface area contributed by atoms with Crippen LogP contribution in [0.15, 0.2) is 34.8 Å². The molecule has 6 heteroatoms. The third kappa shape index (κ3) is 3.35. The van der Waals surface area contributed by atoms with Crippen LogP contribution < -0.4 is 5.32 Å². The minimum Gasteiger partial charge on any atom is -0.319 e. The summed E-state index contributed by atoms with van der Waals surface area (Å²) in [6.07, 6.45) is 0. The predicted octanol–water partition coefficient (Wildman–Crippen LogP) is 4.94. The average Bonchev–Trinajstić information content (AvgIpc) is 2.34. The van der Waals surface area contributed by atoms with Crippen LogP contribution in [0.3, 0.4) is 0 Å². The lowest BCUT2D eigenvalue weighted by Gasteiger charge is -2.08. The molecule has 0 aliphatic rings. The summed E-state index contributed by atoms with van der Waals surface area (Å²) in [7, 11) is 0. The fourth-order valence-electron chi connectivity index (χ4n) is 1.68. The van der Waals surface area contributed by atoms with E-state index in [2.05, 4.69) is 21.2 Å². The van der Waals surface area contributed by atoms with Crippen molar-refractivity contribution in [3.8, 4) is 0 Å². The highest BCUT2D eigenvalue weighted by atomic mass is 79.9. The van der Waals surface area contributed by atoms with Crippen LogP contribution in [0.5, 0.6) is 0 Å². The number of benzene rings is 2. The van der Waals surface area contributed by atoms with Gasteiger partial charge in [-0.15, -0.1) is 0 Å². The van der Waals surface area contributed by atoms with Gasteiger partial charge in [-0.25, -0.2) is 8.78 Å². The molecule has 0 saturated carbocycles. The van der Waals surface area contributed by atoms with Crippen molar-refractivity contribution in [2.24, 2.45) is 0 Å². The molecule has 0 aliphatic heterocycles. The van der Waals surface area contributed by atoms with Gasteiger partial charge in [0, 0.05) is 16.7 Å². The average molecular weight is 361 g/mol. The van der Waals surface area contributed by atoms with Crippen molar-refractivity contribution in [1.29, 1.82) is 0 Å². The molecule has 0 aromatic heterocycles. The first-order valence-electron chi connectivity index (χ1n) is 5.60. The largest absolute Gasteiger partial charge is 0.319 e. The summed E-state index contributed by atoms with van der Waals surface area (Å²) in [6, 6.07) is 6.62. The third-order valence-corrected chi connectivity index (χ3v) is 3.39. The Labute approximate surface area is 127 Å². The van der Waals surface area contributed by atoms with Crippen LogP contribution in [0.1, 0.15) is 15.9 Å². The maximum atomic E-state index is 13.6. The van der Waals surface area contributed by atoms with Gasteiger partial charge >= 0.3 is 0 Å². The Morgan fingerprint density at radius 2 is 1.85 bits per heavy atom. The van der Waals surface area contributed by atoms with E-state index in [4.69, 9.17) is 11.6 Å². The van der Waals surface area contributed by atoms with E-state index < -0.39 is 17.5 Å². The standard InChI is InChI=1S/C14H9BrClF2NO/c1-7-2-8(4-9(16)3-7)14(20)19-13-6-11(17)10(15)5-12(13)18/h2-6H,1H3,(H,19,20). The topological polar surface area (TPSA) is 29.1 Å². The summed E-state index contributed by atoms with van der Waals surface area (Å²) in [5.74, 6) is -1.95. The maximum Gasteiger partial charge on any atom is 0.255 e. The number of carbonyl (C=O) groups excluding carboxylic acids is 1. The number of carbonyl (C=O) groups is 1. The lowest BCUT2D eigenvalue weighted by Crippen LogP contribution is -2.13. The van der Waals surface area contributed by atoms with Crippen LogP contribution in [0.2, 0.25) is 5.02 Å². The molecule has 1 N–H and O–H groups in total. The van der Waals surface area contributed by atoms with E-state index in [0.29, 0.717) is 5.02 Å². The fraction of sp³-hybridized carbons (Fsp3) is 0.0714. The number of nitrogens with one attached hydrogen (secondary N) is 1. The highest BCUT2D eigenvalue weighted by Gasteiger charge is 2.13. The lowest BCUT2D eigenvalue weighted by atomic mass is 10.1. The maximum absolute atomic E-state index is 13.6. The van der Waals surface area contributed by atoms with Crippen LogP contribution in [0, 0.1) is 18.6 Å². The molecule has 0 radical (unpaired) electrons. The molecule has 0 atom stereocenters. The van der Waals surface area contributed by atoms with E-state index in [1.807, 2.05) is 0 Å². The number of anilines is 1. The summed E-state index contributed by atoms with van der Waals surface area (Å²) in [5.41, 5.74) is 0.844. The molecule has 0 heterocycles. The zero-order chi connectivity index (χ0) is 14.9. The van der Waals surface area contributed by atoms with E-state index >= 15 is 0 Å². The van der Waals surface area contributed by atoms with Crippen molar-refractivity contribution in [2.45, 2.75) is 6.92 Å². The van der Waals surface area contributed by atoms with E-state index in [9.17, 15) is 13.6 Å². The molecule has 20 heavy (non-hydrogen) atoms. The molecule has 0 bridgehead atoms. The van der Waals surface area contributed by atoms with Crippen LogP contribution in [-0.2, 0) is 0 Å². The van der Waals surface area contributed by atoms with Crippen LogP contribution in [0.25, 0.3) is 0 Å². The first-order valence-corrected chi connectivity index (χ1v) is 6.77. The molecule has 0 spiro atoms. The second-order valence-electron chi connectivity index (χ2n) is 4.22. The molecule has 2 rings (SSSR count). The molecule has 0 unspecified atom stereocenters. The lowest BCUT2D eigenvalue weighted by molar-refractivity contribution is 0.102. The summed E-state index contributed by atoms with van der Waals surface area (Å²) in [4.78, 5) is 12.0. The van der Waals surface area contributed by atoms with E-state index in [1.54, 1.807) is 19.1 Å². The number of rotatable bonds is 2. The summed E-state index contributed by atoms with van der Waals surface area (Å²) < 4.78 is 27.0. The van der Waals surface area contributed by atoms with Gasteiger partial charge in [-0.05, 0) is 52.7 Å². The van der Waals surface area contributed by atoms with Crippen molar-refractivity contribution < 1.29 is 13.6 Å². The zero-order valence-electron chi connectivity index (χ0n) is 10.3. The SMILES string of the molecule is Cc1cc(Cl)cc(C(=O)Nc2cc(F)c(Br)cc2F)c1. The number of hydrogen-bond acceptors (Lipinski definition) is 1. The molecule has 2 nitrogen and oxygen atoms in total. The van der Waals surface area contributed by atoms with Crippen LogP contribution in [0.4, 0.5) is 14.5 Å². The van der Waals surface area contributed by atoms with Crippen molar-refractivity contribution in [3.05, 3.63) is 62.6 Å². The molecule has 2 aromatic carbocycles. The van der Waals surface area contributed by atoms with E-state index in [0.717, 1.165) is 17.7 Å². The van der Waals surface area contributed by atoms with Gasteiger partial charge in [0.25, 0.3) is 5.91 Å². The van der Waals surface area contributed by atoms with Crippen molar-refractivity contribution in [3.63, 3.8) is 0 Å². The van der Waals surface area contributed by atoms with Gasteiger partial charge in [0.1, 0.15) is 11.6 Å². The van der Waals surface area contributed by atoms with Gasteiger partial charge in [-0.1, -0.05) is 11.6 Å². The Hall–Kier alpha value is -1.46. The molecular formula is C14H9BrClF2NO. The monoisotopic (exact) mass is 359 g/mol. The van der Waals surface area contributed by atoms with Gasteiger partial charge in [0.2, 0.25) is 0 Å². The first-order chi connectivity index (χ1) is 9.36. The van der Waals surface area contributed by atoms with E-state index in [1.165, 1.54) is 6.07 Å². The molecule has 0 aliphatic carbocycles. The van der Waals surface area contributed by atoms with Crippen LogP contribution in [-0.4, -0.2) is 5.91 Å². The Morgan fingerprint density at radius 3 is 2.50 bits per heavy atom. The highest BCUT2D eigenvalue weighted by molar-refractivity contribution is 9.10. The summed E-state index contributed by atoms with van der Waals surface area (Å²) in [6.45, 7) is 1.78. The number of hydrogen-bond donors (Lipinski definition) is 1. The number of halogens is 4. The normalized spacial score (nSPS) is 10.4. The van der Waals surface area contributed by atoms with Crippen molar-refractivity contribution >= 4 is 39.1 Å². The van der Waals surface area contributed by atoms with Gasteiger partial charge in [-0.3, -0.25) is 4.79 Å². The van der Waals surface area contributed by atoms with Gasteiger partial charge in [0.05, 0.1) is 10.2 Å². The summed E-state index contributed by atoms with van der Waals surface area (Å²) in [5, 5.41) is 2.72. The Morgan fingerprint density at radius 1 is 1.15 bits per heavy atom. The van der Waals surface area contributed by atoms with Crippen molar-refractivity contribution in [2.75, 3.05) is 5.32 Å².